The predicted molar refractivity (Wildman–Crippen MR) is 238 cm³/mol. The summed E-state index contributed by atoms with van der Waals surface area (Å²) in [6, 6.07) is 21.0. The Labute approximate surface area is 396 Å². The van der Waals surface area contributed by atoms with E-state index in [4.69, 9.17) is 0 Å². The molecule has 2 unspecified atom stereocenters. The fourth-order valence-corrected chi connectivity index (χ4v) is 9.42. The smallest absolute Gasteiger partial charge is 0.416 e. The van der Waals surface area contributed by atoms with Gasteiger partial charge >= 0.3 is 30.4 Å². The van der Waals surface area contributed by atoms with Crippen molar-refractivity contribution in [3.63, 3.8) is 0 Å². The first kappa shape index (κ1) is 48.3. The summed E-state index contributed by atoms with van der Waals surface area (Å²) in [5.41, 5.74) is -0.188. The minimum absolute atomic E-state index is 0.0500. The number of nitriles is 2. The third-order valence-electron chi connectivity index (χ3n) is 12.8. The Balaban J connectivity index is 0.989. The summed E-state index contributed by atoms with van der Waals surface area (Å²) in [5, 5.41) is 34.2. The van der Waals surface area contributed by atoms with Gasteiger partial charge in [0.25, 0.3) is 11.8 Å². The molecule has 4 aliphatic heterocycles. The van der Waals surface area contributed by atoms with E-state index in [1.807, 2.05) is 12.1 Å². The molecule has 0 aliphatic carbocycles. The minimum Gasteiger partial charge on any atom is -0.477 e. The number of carboxylic acid groups (broad SMARTS) is 1. The lowest BCUT2D eigenvalue weighted by Crippen LogP contribution is -2.50. The number of nitrogens with zero attached hydrogens (tertiary/aromatic N) is 7. The maximum atomic E-state index is 14.3. The highest BCUT2D eigenvalue weighted by Gasteiger charge is 2.47. The highest BCUT2D eigenvalue weighted by atomic mass is 19.4. The van der Waals surface area contributed by atoms with Crippen LogP contribution in [0.4, 0.5) is 47.3 Å². The van der Waals surface area contributed by atoms with E-state index in [9.17, 15) is 65.9 Å². The molecule has 4 heterocycles. The Kier molecular flexibility index (Phi) is 12.9. The molecule has 8 rings (SSSR count). The molecular weight excluding hydrogens is 925 g/mol. The quantitative estimate of drug-likeness (QED) is 0.0873. The summed E-state index contributed by atoms with van der Waals surface area (Å²) in [6.07, 6.45) is -9.00. The fourth-order valence-electron chi connectivity index (χ4n) is 9.42. The molecule has 70 heavy (non-hydrogen) atoms. The number of anilines is 2. The van der Waals surface area contributed by atoms with Crippen molar-refractivity contribution in [3.8, 4) is 12.1 Å². The Morgan fingerprint density at radius 2 is 1.04 bits per heavy atom. The van der Waals surface area contributed by atoms with Gasteiger partial charge in [-0.1, -0.05) is 36.4 Å². The maximum absolute atomic E-state index is 14.3. The number of carboxylic acids is 1. The number of alkyl halides is 6. The molecule has 21 heteroatoms. The lowest BCUT2D eigenvalue weighted by Gasteiger charge is -2.34. The van der Waals surface area contributed by atoms with Crippen LogP contribution in [0.25, 0.3) is 0 Å². The normalized spacial score (nSPS) is 19.1. The van der Waals surface area contributed by atoms with Crippen LogP contribution in [0.1, 0.15) is 58.3 Å². The number of aliphatic carboxylic acids is 1. The molecule has 15 nitrogen and oxygen atoms in total. The average molecular weight is 967 g/mol. The van der Waals surface area contributed by atoms with E-state index >= 15 is 0 Å². The van der Waals surface area contributed by atoms with Crippen LogP contribution in [0.2, 0.25) is 0 Å². The Hall–Kier alpha value is -8.17. The molecule has 3 N–H and O–H groups in total. The highest BCUT2D eigenvalue weighted by molar-refractivity contribution is 6.08. The first-order chi connectivity index (χ1) is 33.2. The number of hydrogen-bond acceptors (Lipinski definition) is 7. The van der Waals surface area contributed by atoms with Gasteiger partial charge in [-0.15, -0.1) is 0 Å². The first-order valence-electron chi connectivity index (χ1n) is 21.9. The van der Waals surface area contributed by atoms with E-state index in [2.05, 4.69) is 10.6 Å². The molecule has 360 valence electrons. The predicted octanol–water partition coefficient (Wildman–Crippen LogP) is 7.21. The van der Waals surface area contributed by atoms with Gasteiger partial charge in [0.15, 0.2) is 6.54 Å². The van der Waals surface area contributed by atoms with Gasteiger partial charge in [-0.3, -0.25) is 19.4 Å². The lowest BCUT2D eigenvalue weighted by atomic mass is 9.94. The monoisotopic (exact) mass is 966 g/mol. The van der Waals surface area contributed by atoms with Gasteiger partial charge in [-0.05, 0) is 71.8 Å². The number of amides is 6. The second-order valence-corrected chi connectivity index (χ2v) is 17.5. The summed E-state index contributed by atoms with van der Waals surface area (Å²) >= 11 is 0. The van der Waals surface area contributed by atoms with Crippen LogP contribution in [0.3, 0.4) is 0 Å². The van der Waals surface area contributed by atoms with Gasteiger partial charge in [-0.2, -0.15) is 36.9 Å². The zero-order valence-corrected chi connectivity index (χ0v) is 37.1. The molecule has 2 atom stereocenters. The van der Waals surface area contributed by atoms with Gasteiger partial charge in [-0.25, -0.2) is 14.4 Å². The fraction of sp³-hybridized carbons (Fsp3) is 0.286. The number of benzene rings is 4. The van der Waals surface area contributed by atoms with Crippen LogP contribution in [-0.2, 0) is 26.7 Å². The summed E-state index contributed by atoms with van der Waals surface area (Å²) in [5.74, 6) is -2.15. The molecule has 0 saturated carbocycles. The number of quaternary nitrogens is 1. The number of nitrogens with one attached hydrogen (secondary N) is 2. The highest BCUT2D eigenvalue weighted by Crippen LogP contribution is 2.42. The Bertz CT molecular complexity index is 2750. The molecular formula is C49H42F6N9O6+. The van der Waals surface area contributed by atoms with E-state index in [0.717, 1.165) is 46.2 Å². The summed E-state index contributed by atoms with van der Waals surface area (Å²) in [4.78, 5) is 73.4. The zero-order valence-electron chi connectivity index (χ0n) is 37.1. The van der Waals surface area contributed by atoms with E-state index in [0.29, 0.717) is 22.3 Å². The SMILES string of the molecule is C[N+](CCCN1CC2=C(C1=O)C(c1ccc(C#N)cc1)NC(=O)N2c1cccc(C(F)(F)F)c1)(CCCN1CC2=C(C1=O)C(c1ccc(C#N)cc1)NC(=O)N2c1cccc(C(F)(F)F)c1)CC(=O)O. The van der Waals surface area contributed by atoms with E-state index in [1.165, 1.54) is 46.2 Å². The van der Waals surface area contributed by atoms with Crippen LogP contribution in [-0.4, -0.2) is 102 Å². The third-order valence-corrected chi connectivity index (χ3v) is 12.8. The average Bonchev–Trinajstić information content (AvgIpc) is 3.82. The van der Waals surface area contributed by atoms with Gasteiger partial charge in [0.05, 0.1) is 114 Å². The van der Waals surface area contributed by atoms with Crippen LogP contribution in [0.5, 0.6) is 0 Å². The Morgan fingerprint density at radius 1 is 0.657 bits per heavy atom. The number of hydrogen-bond donors (Lipinski definition) is 3. The van der Waals surface area contributed by atoms with Crippen molar-refractivity contribution in [2.45, 2.75) is 37.3 Å². The van der Waals surface area contributed by atoms with Gasteiger partial charge in [0.1, 0.15) is 0 Å². The second-order valence-electron chi connectivity index (χ2n) is 17.5. The van der Waals surface area contributed by atoms with Gasteiger partial charge < -0.3 is 30.0 Å². The van der Waals surface area contributed by atoms with E-state index in [1.54, 1.807) is 31.3 Å². The van der Waals surface area contributed by atoms with Crippen molar-refractivity contribution in [1.29, 1.82) is 10.5 Å². The third kappa shape index (κ3) is 9.60. The molecule has 0 bridgehead atoms. The van der Waals surface area contributed by atoms with Gasteiger partial charge in [0, 0.05) is 25.9 Å². The topological polar surface area (TPSA) is 190 Å². The van der Waals surface area contributed by atoms with Crippen LogP contribution >= 0.6 is 0 Å². The van der Waals surface area contributed by atoms with E-state index in [-0.39, 0.29) is 97.1 Å². The Morgan fingerprint density at radius 3 is 1.39 bits per heavy atom. The first-order valence-corrected chi connectivity index (χ1v) is 21.9. The zero-order chi connectivity index (χ0) is 50.3. The summed E-state index contributed by atoms with van der Waals surface area (Å²) in [7, 11) is 1.69. The molecule has 4 aromatic rings. The van der Waals surface area contributed by atoms with Crippen molar-refractivity contribution in [2.75, 3.05) is 62.7 Å². The number of carbonyl (C=O) groups excluding carboxylic acids is 4. The lowest BCUT2D eigenvalue weighted by molar-refractivity contribution is -0.902. The number of rotatable bonds is 14. The van der Waals surface area contributed by atoms with Crippen molar-refractivity contribution >= 4 is 41.2 Å². The van der Waals surface area contributed by atoms with Crippen LogP contribution in [0, 0.1) is 22.7 Å². The van der Waals surface area contributed by atoms with Crippen LogP contribution < -0.4 is 20.4 Å². The van der Waals surface area contributed by atoms with Crippen molar-refractivity contribution in [2.24, 2.45) is 0 Å². The largest absolute Gasteiger partial charge is 0.477 e. The molecule has 0 fully saturated rings. The molecule has 0 aromatic heterocycles. The van der Waals surface area contributed by atoms with Gasteiger partial charge in [0.2, 0.25) is 0 Å². The molecule has 4 aromatic carbocycles. The van der Waals surface area contributed by atoms with Crippen molar-refractivity contribution < 1.29 is 59.9 Å². The van der Waals surface area contributed by atoms with Crippen molar-refractivity contribution in [1.82, 2.24) is 20.4 Å². The standard InChI is InChI=1S/C49H41F6N9O6/c1-64(28-39(65)66,20-4-18-60-26-37-40(44(60)67)42(31-14-10-29(24-56)11-15-31)58-46(69)62(37)35-8-2-6-33(22-35)48(50,51)52)21-5-19-61-27-38-41(45(61)68)43(32-16-12-30(25-57)13-17-32)59-47(70)63(38)36-9-3-7-34(23-36)49(53,54)55/h2-3,6-17,22-23,42-43H,4-5,18-21,26-28H2,1H3,(H2-,58,59,65,66,69,70)/p+1. The molecule has 6 amide bonds. The van der Waals surface area contributed by atoms with E-state index < -0.39 is 65.4 Å². The summed E-state index contributed by atoms with van der Waals surface area (Å²) in [6.45, 7) is -0.209. The van der Waals surface area contributed by atoms with Crippen LogP contribution in [0.15, 0.2) is 120 Å². The molecule has 0 saturated heterocycles. The number of likely N-dealkylation sites (N-methyl/N-ethyl adjacent to an activating group) is 1. The molecule has 0 spiro atoms. The minimum atomic E-state index is -4.73. The second kappa shape index (κ2) is 18.7. The molecule has 0 radical (unpaired) electrons. The summed E-state index contributed by atoms with van der Waals surface area (Å²) < 4.78 is 82.8. The molecule has 4 aliphatic rings. The number of carbonyl (C=O) groups is 5. The number of halogens is 6. The van der Waals surface area contributed by atoms with Crippen molar-refractivity contribution in [3.05, 3.63) is 153 Å². The number of urea groups is 2. The maximum Gasteiger partial charge on any atom is 0.416 e.